The second kappa shape index (κ2) is 5.80. The van der Waals surface area contributed by atoms with Crippen molar-refractivity contribution in [3.8, 4) is 5.75 Å². The minimum atomic E-state index is -0.172. The van der Waals surface area contributed by atoms with Gasteiger partial charge in [0.05, 0.1) is 12.3 Å². The quantitative estimate of drug-likeness (QED) is 0.585. The van der Waals surface area contributed by atoms with E-state index in [9.17, 15) is 4.79 Å². The van der Waals surface area contributed by atoms with Crippen molar-refractivity contribution in [1.29, 1.82) is 0 Å². The number of ether oxygens (including phenoxy) is 1. The highest BCUT2D eigenvalue weighted by molar-refractivity contribution is 5.95. The van der Waals surface area contributed by atoms with Gasteiger partial charge in [-0.1, -0.05) is 6.08 Å². The number of rotatable bonds is 5. The Morgan fingerprint density at radius 1 is 1.62 bits per heavy atom. The van der Waals surface area contributed by atoms with E-state index in [0.29, 0.717) is 30.2 Å². The average Bonchev–Trinajstić information content (AvgIpc) is 2.29. The third-order valence-corrected chi connectivity index (χ3v) is 1.98. The minimum Gasteiger partial charge on any atom is -0.492 e. The van der Waals surface area contributed by atoms with E-state index in [1.807, 2.05) is 6.92 Å². The molecule has 0 aliphatic rings. The zero-order valence-electron chi connectivity index (χ0n) is 9.32. The number of amides is 1. The van der Waals surface area contributed by atoms with Gasteiger partial charge in [0.25, 0.3) is 5.91 Å². The van der Waals surface area contributed by atoms with Gasteiger partial charge in [-0.05, 0) is 25.1 Å². The molecule has 4 nitrogen and oxygen atoms in total. The number of anilines is 1. The third kappa shape index (κ3) is 3.02. The van der Waals surface area contributed by atoms with Crippen LogP contribution in [0.15, 0.2) is 30.9 Å². The van der Waals surface area contributed by atoms with E-state index >= 15 is 0 Å². The molecule has 0 fully saturated rings. The van der Waals surface area contributed by atoms with Crippen molar-refractivity contribution < 1.29 is 9.53 Å². The molecular weight excluding hydrogens is 204 g/mol. The zero-order valence-corrected chi connectivity index (χ0v) is 9.32. The van der Waals surface area contributed by atoms with Gasteiger partial charge in [-0.3, -0.25) is 4.79 Å². The van der Waals surface area contributed by atoms with E-state index in [-0.39, 0.29) is 5.91 Å². The van der Waals surface area contributed by atoms with E-state index in [1.54, 1.807) is 24.3 Å². The van der Waals surface area contributed by atoms with Crippen LogP contribution in [0.2, 0.25) is 0 Å². The van der Waals surface area contributed by atoms with Crippen LogP contribution in [0.3, 0.4) is 0 Å². The maximum Gasteiger partial charge on any atom is 0.251 e. The summed E-state index contributed by atoms with van der Waals surface area (Å²) in [5, 5.41) is 2.67. The SMILES string of the molecule is C=CCNC(=O)c1ccc(OCC)c(N)c1. The summed E-state index contributed by atoms with van der Waals surface area (Å²) in [5.74, 6) is 0.428. The molecule has 0 spiro atoms. The van der Waals surface area contributed by atoms with Crippen LogP contribution in [0.4, 0.5) is 5.69 Å². The molecule has 0 aliphatic heterocycles. The standard InChI is InChI=1S/C12H16N2O2/c1-3-7-14-12(15)9-5-6-11(16-4-2)10(13)8-9/h3,5-6,8H,1,4,7,13H2,2H3,(H,14,15). The molecule has 1 aromatic carbocycles. The van der Waals surface area contributed by atoms with E-state index in [4.69, 9.17) is 10.5 Å². The van der Waals surface area contributed by atoms with Crippen molar-refractivity contribution in [3.05, 3.63) is 36.4 Å². The lowest BCUT2D eigenvalue weighted by Crippen LogP contribution is -2.23. The number of hydrogen-bond donors (Lipinski definition) is 2. The first kappa shape index (κ1) is 12.1. The Hall–Kier alpha value is -1.97. The second-order valence-electron chi connectivity index (χ2n) is 3.18. The molecule has 1 amide bonds. The van der Waals surface area contributed by atoms with Gasteiger partial charge in [0.1, 0.15) is 5.75 Å². The van der Waals surface area contributed by atoms with Gasteiger partial charge in [-0.2, -0.15) is 0 Å². The van der Waals surface area contributed by atoms with Crippen LogP contribution in [-0.4, -0.2) is 19.1 Å². The largest absolute Gasteiger partial charge is 0.492 e. The van der Waals surface area contributed by atoms with Crippen molar-refractivity contribution in [2.24, 2.45) is 0 Å². The topological polar surface area (TPSA) is 64.3 Å². The monoisotopic (exact) mass is 220 g/mol. The molecule has 0 aromatic heterocycles. The lowest BCUT2D eigenvalue weighted by molar-refractivity contribution is 0.0958. The Labute approximate surface area is 95.1 Å². The first-order valence-electron chi connectivity index (χ1n) is 5.10. The molecule has 0 unspecified atom stereocenters. The molecule has 0 saturated heterocycles. The maximum atomic E-state index is 11.6. The first-order valence-corrected chi connectivity index (χ1v) is 5.10. The lowest BCUT2D eigenvalue weighted by Gasteiger charge is -2.08. The highest BCUT2D eigenvalue weighted by Crippen LogP contribution is 2.22. The predicted molar refractivity (Wildman–Crippen MR) is 64.6 cm³/mol. The average molecular weight is 220 g/mol. The molecule has 0 heterocycles. The fraction of sp³-hybridized carbons (Fsp3) is 0.250. The van der Waals surface area contributed by atoms with E-state index in [1.165, 1.54) is 0 Å². The summed E-state index contributed by atoms with van der Waals surface area (Å²) in [5.41, 5.74) is 6.73. The van der Waals surface area contributed by atoms with Crippen LogP contribution in [0.1, 0.15) is 17.3 Å². The minimum absolute atomic E-state index is 0.172. The summed E-state index contributed by atoms with van der Waals surface area (Å²) in [6.45, 7) is 6.39. The molecule has 16 heavy (non-hydrogen) atoms. The highest BCUT2D eigenvalue weighted by atomic mass is 16.5. The van der Waals surface area contributed by atoms with Crippen LogP contribution < -0.4 is 15.8 Å². The maximum absolute atomic E-state index is 11.6. The predicted octanol–water partition coefficient (Wildman–Crippen LogP) is 1.58. The molecule has 0 aliphatic carbocycles. The third-order valence-electron chi connectivity index (χ3n) is 1.98. The summed E-state index contributed by atoms with van der Waals surface area (Å²) in [6.07, 6.45) is 1.62. The number of carbonyl (C=O) groups excluding carboxylic acids is 1. The van der Waals surface area contributed by atoms with Gasteiger partial charge in [0.2, 0.25) is 0 Å². The van der Waals surface area contributed by atoms with Crippen molar-refractivity contribution in [3.63, 3.8) is 0 Å². The Morgan fingerprint density at radius 3 is 2.94 bits per heavy atom. The second-order valence-corrected chi connectivity index (χ2v) is 3.18. The number of carbonyl (C=O) groups is 1. The van der Waals surface area contributed by atoms with Gasteiger partial charge in [0.15, 0.2) is 0 Å². The summed E-state index contributed by atoms with van der Waals surface area (Å²) >= 11 is 0. The molecule has 0 saturated carbocycles. The smallest absolute Gasteiger partial charge is 0.251 e. The van der Waals surface area contributed by atoms with Gasteiger partial charge < -0.3 is 15.8 Å². The number of nitrogens with one attached hydrogen (secondary N) is 1. The Kier molecular flexibility index (Phi) is 4.39. The molecule has 86 valence electrons. The summed E-state index contributed by atoms with van der Waals surface area (Å²) in [6, 6.07) is 4.98. The van der Waals surface area contributed by atoms with Gasteiger partial charge in [-0.25, -0.2) is 0 Å². The van der Waals surface area contributed by atoms with Gasteiger partial charge in [-0.15, -0.1) is 6.58 Å². The van der Waals surface area contributed by atoms with Gasteiger partial charge in [0, 0.05) is 12.1 Å². The van der Waals surface area contributed by atoms with E-state index in [2.05, 4.69) is 11.9 Å². The van der Waals surface area contributed by atoms with E-state index in [0.717, 1.165) is 0 Å². The molecule has 1 rings (SSSR count). The number of benzene rings is 1. The summed E-state index contributed by atoms with van der Waals surface area (Å²) in [4.78, 5) is 11.6. The summed E-state index contributed by atoms with van der Waals surface area (Å²) in [7, 11) is 0. The van der Waals surface area contributed by atoms with Crippen molar-refractivity contribution in [2.75, 3.05) is 18.9 Å². The van der Waals surface area contributed by atoms with Gasteiger partial charge >= 0.3 is 0 Å². The number of hydrogen-bond acceptors (Lipinski definition) is 3. The van der Waals surface area contributed by atoms with E-state index < -0.39 is 0 Å². The molecule has 0 radical (unpaired) electrons. The lowest BCUT2D eigenvalue weighted by atomic mass is 10.2. The Bertz CT molecular complexity index is 389. The normalized spacial score (nSPS) is 9.56. The van der Waals surface area contributed by atoms with Crippen molar-refractivity contribution in [1.82, 2.24) is 5.32 Å². The zero-order chi connectivity index (χ0) is 12.0. The first-order chi connectivity index (χ1) is 7.69. The molecular formula is C12H16N2O2. The Morgan fingerprint density at radius 2 is 2.38 bits per heavy atom. The molecule has 3 N–H and O–H groups in total. The molecule has 0 atom stereocenters. The van der Waals surface area contributed by atoms with Crippen LogP contribution in [0.5, 0.6) is 5.75 Å². The highest BCUT2D eigenvalue weighted by Gasteiger charge is 2.07. The van der Waals surface area contributed by atoms with Crippen molar-refractivity contribution >= 4 is 11.6 Å². The fourth-order valence-electron chi connectivity index (χ4n) is 1.24. The number of nitrogen functional groups attached to an aromatic ring is 1. The van der Waals surface area contributed by atoms with Crippen LogP contribution >= 0.6 is 0 Å². The number of nitrogens with two attached hydrogens (primary N) is 1. The van der Waals surface area contributed by atoms with Crippen LogP contribution in [0, 0.1) is 0 Å². The van der Waals surface area contributed by atoms with Crippen LogP contribution in [-0.2, 0) is 0 Å². The molecule has 4 heteroatoms. The molecule has 1 aromatic rings. The molecule has 0 bridgehead atoms. The Balaban J connectivity index is 2.79. The van der Waals surface area contributed by atoms with Crippen molar-refractivity contribution in [2.45, 2.75) is 6.92 Å². The summed E-state index contributed by atoms with van der Waals surface area (Å²) < 4.78 is 5.28. The van der Waals surface area contributed by atoms with Crippen LogP contribution in [0.25, 0.3) is 0 Å². The fourth-order valence-corrected chi connectivity index (χ4v) is 1.24.